The van der Waals surface area contributed by atoms with Gasteiger partial charge in [-0.05, 0) is 81.0 Å². The number of carbonyl (C=O) groups excluding carboxylic acids is 1. The number of aryl methyl sites for hydroxylation is 2. The molecule has 1 unspecified atom stereocenters. The zero-order chi connectivity index (χ0) is 23.4. The van der Waals surface area contributed by atoms with Crippen LogP contribution in [0.1, 0.15) is 47.9 Å². The number of nitrogens with zero attached hydrogens (tertiary/aromatic N) is 1. The molecule has 4 nitrogen and oxygen atoms in total. The Bertz CT molecular complexity index is 1180. The summed E-state index contributed by atoms with van der Waals surface area (Å²) >= 11 is 5.17. The second kappa shape index (κ2) is 10.7. The maximum Gasteiger partial charge on any atom is 0.309 e. The van der Waals surface area contributed by atoms with Crippen LogP contribution >= 0.6 is 27.3 Å². The first-order valence-electron chi connectivity index (χ1n) is 11.2. The summed E-state index contributed by atoms with van der Waals surface area (Å²) in [5.41, 5.74) is 6.67. The molecular weight excluding hydrogens is 498 g/mol. The summed E-state index contributed by atoms with van der Waals surface area (Å²) in [7, 11) is 0. The molecule has 0 saturated heterocycles. The van der Waals surface area contributed by atoms with Gasteiger partial charge in [0.05, 0.1) is 18.2 Å². The molecule has 0 N–H and O–H groups in total. The molecule has 6 heteroatoms. The Morgan fingerprint density at radius 1 is 1.21 bits per heavy atom. The number of rotatable bonds is 7. The molecule has 2 aromatic carbocycles. The highest BCUT2D eigenvalue weighted by Gasteiger charge is 2.24. The fourth-order valence-corrected chi connectivity index (χ4v) is 5.36. The number of ether oxygens (including phenoxy) is 2. The number of hydrogen-bond acceptors (Lipinski definition) is 5. The molecule has 0 amide bonds. The third kappa shape index (κ3) is 5.74. The summed E-state index contributed by atoms with van der Waals surface area (Å²) in [6, 6.07) is 12.5. The standard InChI is InChI=1S/C27H28BrNO3S/c1-4-31-27(30)20-8-6-19(7-9-20)26-29-24(16-33-26)23-13-17(2)5-12-25(23)32-15-21-10-11-22(28)14-18(21)3/h5-6,10-14,16,20H,4,7-9,15H2,1-3H3. The van der Waals surface area contributed by atoms with Crippen LogP contribution in [0.5, 0.6) is 5.75 Å². The average molecular weight is 526 g/mol. The van der Waals surface area contributed by atoms with E-state index in [1.165, 1.54) is 16.7 Å². The molecular formula is C27H28BrNO3S. The Morgan fingerprint density at radius 2 is 2.06 bits per heavy atom. The molecule has 4 rings (SSSR count). The lowest BCUT2D eigenvalue weighted by Crippen LogP contribution is -2.19. The zero-order valence-corrected chi connectivity index (χ0v) is 21.6. The van der Waals surface area contributed by atoms with E-state index in [0.717, 1.165) is 44.9 Å². The number of carbonyl (C=O) groups is 1. The first-order chi connectivity index (χ1) is 15.9. The zero-order valence-electron chi connectivity index (χ0n) is 19.2. The summed E-state index contributed by atoms with van der Waals surface area (Å²) in [5.74, 6) is 0.710. The Balaban J connectivity index is 1.52. The van der Waals surface area contributed by atoms with Gasteiger partial charge in [0.25, 0.3) is 0 Å². The highest BCUT2D eigenvalue weighted by molar-refractivity contribution is 9.10. The Kier molecular flexibility index (Phi) is 7.66. The lowest BCUT2D eigenvalue weighted by atomic mass is 9.90. The molecule has 0 fully saturated rings. The molecule has 1 aliphatic carbocycles. The van der Waals surface area contributed by atoms with Crippen molar-refractivity contribution in [2.45, 2.75) is 46.6 Å². The van der Waals surface area contributed by atoms with E-state index in [2.05, 4.69) is 65.5 Å². The van der Waals surface area contributed by atoms with Gasteiger partial charge in [0.1, 0.15) is 17.4 Å². The number of esters is 1. The van der Waals surface area contributed by atoms with Gasteiger partial charge in [-0.25, -0.2) is 4.98 Å². The van der Waals surface area contributed by atoms with Gasteiger partial charge < -0.3 is 9.47 Å². The van der Waals surface area contributed by atoms with Gasteiger partial charge in [-0.15, -0.1) is 11.3 Å². The van der Waals surface area contributed by atoms with Crippen LogP contribution in [0.3, 0.4) is 0 Å². The predicted molar refractivity (Wildman–Crippen MR) is 137 cm³/mol. The minimum Gasteiger partial charge on any atom is -0.488 e. The minimum atomic E-state index is -0.0878. The largest absolute Gasteiger partial charge is 0.488 e. The monoisotopic (exact) mass is 525 g/mol. The number of hydrogen-bond donors (Lipinski definition) is 0. The summed E-state index contributed by atoms with van der Waals surface area (Å²) in [6.45, 7) is 6.97. The molecule has 0 bridgehead atoms. The molecule has 0 spiro atoms. The van der Waals surface area contributed by atoms with Crippen LogP contribution < -0.4 is 4.74 Å². The molecule has 33 heavy (non-hydrogen) atoms. The van der Waals surface area contributed by atoms with Crippen molar-refractivity contribution in [1.82, 2.24) is 4.98 Å². The Labute approximate surface area is 207 Å². The van der Waals surface area contributed by atoms with E-state index >= 15 is 0 Å². The van der Waals surface area contributed by atoms with E-state index < -0.39 is 0 Å². The van der Waals surface area contributed by atoms with E-state index in [9.17, 15) is 4.79 Å². The van der Waals surface area contributed by atoms with Crippen molar-refractivity contribution in [1.29, 1.82) is 0 Å². The molecule has 1 heterocycles. The molecule has 0 radical (unpaired) electrons. The lowest BCUT2D eigenvalue weighted by Gasteiger charge is -2.19. The van der Waals surface area contributed by atoms with Crippen molar-refractivity contribution in [3.05, 3.63) is 74.0 Å². The van der Waals surface area contributed by atoms with Gasteiger partial charge in [-0.1, -0.05) is 39.7 Å². The van der Waals surface area contributed by atoms with Crippen LogP contribution in [-0.2, 0) is 16.1 Å². The summed E-state index contributed by atoms with van der Waals surface area (Å²) in [6.07, 6.45) is 4.52. The molecule has 172 valence electrons. The van der Waals surface area contributed by atoms with Gasteiger partial charge in [-0.3, -0.25) is 4.79 Å². The highest BCUT2D eigenvalue weighted by Crippen LogP contribution is 2.37. The van der Waals surface area contributed by atoms with E-state index in [4.69, 9.17) is 14.5 Å². The summed E-state index contributed by atoms with van der Waals surface area (Å²) < 4.78 is 12.5. The fourth-order valence-electron chi connectivity index (χ4n) is 3.99. The van der Waals surface area contributed by atoms with Gasteiger partial charge in [-0.2, -0.15) is 0 Å². The topological polar surface area (TPSA) is 48.4 Å². The predicted octanol–water partition coefficient (Wildman–Crippen LogP) is 7.52. The SMILES string of the molecule is CCOC(=O)C1CC=C(c2nc(-c3cc(C)ccc3OCc3ccc(Br)cc3C)cs2)CC1. The van der Waals surface area contributed by atoms with E-state index in [1.54, 1.807) is 11.3 Å². The van der Waals surface area contributed by atoms with Crippen LogP contribution in [0.4, 0.5) is 0 Å². The number of thiazole rings is 1. The third-order valence-electron chi connectivity index (χ3n) is 5.91. The van der Waals surface area contributed by atoms with Crippen molar-refractivity contribution in [3.63, 3.8) is 0 Å². The summed E-state index contributed by atoms with van der Waals surface area (Å²) in [4.78, 5) is 17.0. The van der Waals surface area contributed by atoms with Crippen molar-refractivity contribution >= 4 is 38.8 Å². The fraction of sp³-hybridized carbons (Fsp3) is 0.333. The first-order valence-corrected chi connectivity index (χ1v) is 12.9. The molecule has 0 saturated carbocycles. The van der Waals surface area contributed by atoms with E-state index in [1.807, 2.05) is 19.1 Å². The molecule has 1 aliphatic rings. The number of allylic oxidation sites excluding steroid dienone is 2. The second-order valence-electron chi connectivity index (χ2n) is 8.35. The van der Waals surface area contributed by atoms with Crippen LogP contribution in [-0.4, -0.2) is 17.6 Å². The van der Waals surface area contributed by atoms with Crippen molar-refractivity contribution in [2.75, 3.05) is 6.61 Å². The second-order valence-corrected chi connectivity index (χ2v) is 10.1. The molecule has 1 aromatic heterocycles. The van der Waals surface area contributed by atoms with Crippen LogP contribution in [0.2, 0.25) is 0 Å². The van der Waals surface area contributed by atoms with Crippen LogP contribution in [0, 0.1) is 19.8 Å². The smallest absolute Gasteiger partial charge is 0.309 e. The quantitative estimate of drug-likeness (QED) is 0.299. The Hall–Kier alpha value is -2.44. The van der Waals surface area contributed by atoms with Crippen molar-refractivity contribution < 1.29 is 14.3 Å². The number of benzene rings is 2. The van der Waals surface area contributed by atoms with E-state index in [-0.39, 0.29) is 11.9 Å². The highest BCUT2D eigenvalue weighted by atomic mass is 79.9. The van der Waals surface area contributed by atoms with E-state index in [0.29, 0.717) is 19.6 Å². The molecule has 3 aromatic rings. The van der Waals surface area contributed by atoms with Crippen molar-refractivity contribution in [2.24, 2.45) is 5.92 Å². The maximum atomic E-state index is 12.0. The minimum absolute atomic E-state index is 0.0352. The van der Waals surface area contributed by atoms with Gasteiger partial charge >= 0.3 is 5.97 Å². The number of aromatic nitrogens is 1. The van der Waals surface area contributed by atoms with Crippen molar-refractivity contribution in [3.8, 4) is 17.0 Å². The lowest BCUT2D eigenvalue weighted by molar-refractivity contribution is -0.148. The maximum absolute atomic E-state index is 12.0. The normalized spacial score (nSPS) is 15.8. The van der Waals surface area contributed by atoms with Crippen LogP contribution in [0.25, 0.3) is 16.8 Å². The number of halogens is 1. The van der Waals surface area contributed by atoms with Gasteiger partial charge in [0.2, 0.25) is 0 Å². The van der Waals surface area contributed by atoms with Crippen LogP contribution in [0.15, 0.2) is 52.3 Å². The van der Waals surface area contributed by atoms with Gasteiger partial charge in [0.15, 0.2) is 0 Å². The Morgan fingerprint density at radius 3 is 2.79 bits per heavy atom. The van der Waals surface area contributed by atoms with Gasteiger partial charge in [0, 0.05) is 15.4 Å². The third-order valence-corrected chi connectivity index (χ3v) is 7.32. The average Bonchev–Trinajstić information content (AvgIpc) is 3.29. The molecule has 0 aliphatic heterocycles. The molecule has 1 atom stereocenters. The summed E-state index contributed by atoms with van der Waals surface area (Å²) in [5, 5.41) is 3.11. The first kappa shape index (κ1) is 23.7.